The van der Waals surface area contributed by atoms with Crippen molar-refractivity contribution in [3.05, 3.63) is 76.5 Å². The lowest BCUT2D eigenvalue weighted by Gasteiger charge is -2.23. The molecule has 0 aliphatic heterocycles. The second-order valence-corrected chi connectivity index (χ2v) is 8.20. The number of pyridine rings is 1. The van der Waals surface area contributed by atoms with Gasteiger partial charge < -0.3 is 20.8 Å². The molecule has 1 aliphatic rings. The first kappa shape index (κ1) is 22.2. The Kier molecular flexibility index (Phi) is 7.55. The van der Waals surface area contributed by atoms with Crippen LogP contribution in [0.1, 0.15) is 28.1 Å². The highest BCUT2D eigenvalue weighted by molar-refractivity contribution is 7.09. The quantitative estimate of drug-likeness (QED) is 0.473. The molecule has 1 aliphatic carbocycles. The van der Waals surface area contributed by atoms with E-state index in [0.29, 0.717) is 12.0 Å². The van der Waals surface area contributed by atoms with Crippen LogP contribution in [0, 0.1) is 5.92 Å². The van der Waals surface area contributed by atoms with Gasteiger partial charge in [0.05, 0.1) is 5.56 Å². The summed E-state index contributed by atoms with van der Waals surface area (Å²) < 4.78 is 0. The molecule has 0 radical (unpaired) electrons. The molecule has 0 bridgehead atoms. The third-order valence-corrected chi connectivity index (χ3v) is 5.75. The maximum absolute atomic E-state index is 13.0. The number of hydrogen-bond donors (Lipinski definition) is 4. The summed E-state index contributed by atoms with van der Waals surface area (Å²) in [6.45, 7) is 0. The summed E-state index contributed by atoms with van der Waals surface area (Å²) in [4.78, 5) is 42.1. The molecule has 31 heavy (non-hydrogen) atoms. The molecule has 0 saturated carbocycles. The van der Waals surface area contributed by atoms with E-state index in [4.69, 9.17) is 0 Å². The highest BCUT2D eigenvalue weighted by Crippen LogP contribution is 2.20. The highest BCUT2D eigenvalue weighted by atomic mass is 32.1. The highest BCUT2D eigenvalue weighted by Gasteiger charge is 2.29. The van der Waals surface area contributed by atoms with Gasteiger partial charge in [-0.15, -0.1) is 11.3 Å². The molecule has 0 spiro atoms. The normalized spacial score (nSPS) is 17.3. The zero-order valence-electron chi connectivity index (χ0n) is 16.6. The topological polar surface area (TPSA) is 129 Å². The number of carbonyl (C=O) groups excluding carboxylic acids is 2. The minimum Gasteiger partial charge on any atom is -0.508 e. The Morgan fingerprint density at radius 3 is 2.65 bits per heavy atom. The Morgan fingerprint density at radius 2 is 2.03 bits per heavy atom. The molecular weight excluding hydrogens is 418 g/mol. The molecule has 2 aromatic heterocycles. The number of aliphatic hydroxyl groups excluding tert-OH is 1. The fourth-order valence-electron chi connectivity index (χ4n) is 3.20. The summed E-state index contributed by atoms with van der Waals surface area (Å²) in [6.07, 6.45) is 8.68. The molecule has 2 heterocycles. The summed E-state index contributed by atoms with van der Waals surface area (Å²) in [5, 5.41) is 26.2. The number of hydrogen-bond acceptors (Lipinski definition) is 6. The summed E-state index contributed by atoms with van der Waals surface area (Å²) in [7, 11) is 0. The van der Waals surface area contributed by atoms with Gasteiger partial charge in [-0.05, 0) is 54.5 Å². The van der Waals surface area contributed by atoms with E-state index in [-0.39, 0.29) is 24.5 Å². The zero-order valence-corrected chi connectivity index (χ0v) is 17.4. The Balaban J connectivity index is 1.70. The Labute approximate surface area is 183 Å². The third kappa shape index (κ3) is 6.51. The average Bonchev–Trinajstić information content (AvgIpc) is 3.28. The minimum atomic E-state index is -1.16. The number of nitrogens with zero attached hydrogens (tertiary/aromatic N) is 1. The van der Waals surface area contributed by atoms with E-state index in [1.54, 1.807) is 30.5 Å². The van der Waals surface area contributed by atoms with Crippen LogP contribution in [0.15, 0.2) is 66.0 Å². The van der Waals surface area contributed by atoms with Crippen molar-refractivity contribution < 1.29 is 24.6 Å². The van der Waals surface area contributed by atoms with E-state index in [1.807, 2.05) is 17.5 Å². The molecule has 9 heteroatoms. The number of aliphatic hydroxyl groups is 1. The lowest BCUT2D eigenvalue weighted by atomic mass is 9.92. The van der Waals surface area contributed by atoms with Gasteiger partial charge in [-0.2, -0.15) is 0 Å². The van der Waals surface area contributed by atoms with E-state index in [1.165, 1.54) is 23.6 Å². The second kappa shape index (κ2) is 10.5. The van der Waals surface area contributed by atoms with Gasteiger partial charge in [0.15, 0.2) is 0 Å². The van der Waals surface area contributed by atoms with Crippen LogP contribution >= 0.6 is 11.3 Å². The molecule has 2 amide bonds. The first-order valence-electron chi connectivity index (χ1n) is 9.76. The maximum atomic E-state index is 13.0. The maximum Gasteiger partial charge on any atom is 0.326 e. The molecule has 0 fully saturated rings. The monoisotopic (exact) mass is 441 g/mol. The number of rotatable bonds is 9. The van der Waals surface area contributed by atoms with E-state index in [9.17, 15) is 24.6 Å². The summed E-state index contributed by atoms with van der Waals surface area (Å²) in [5.41, 5.74) is 0.306. The van der Waals surface area contributed by atoms with Crippen molar-refractivity contribution in [3.8, 4) is 0 Å². The fraction of sp³-hybridized carbons (Fsp3) is 0.273. The summed E-state index contributed by atoms with van der Waals surface area (Å²) >= 11 is 1.45. The number of thiophene rings is 1. The van der Waals surface area contributed by atoms with Crippen molar-refractivity contribution in [2.24, 2.45) is 5.92 Å². The van der Waals surface area contributed by atoms with Crippen molar-refractivity contribution in [1.82, 2.24) is 15.6 Å². The standard InChI is InChI=1S/C22H23N3O5S/c26-16-7-5-14(6-8-16)11-19(22(29)30)25-21(28)18(12-17-4-2-10-31-17)24-20(27)15-3-1-9-23-13-15/h1-5,7-10,13-14,18-19,26H,6,11-12H2,(H,24,27)(H,25,28)(H,29,30)/t14?,18-,19-/m0/s1. The number of amides is 2. The molecule has 4 N–H and O–H groups in total. The van der Waals surface area contributed by atoms with Gasteiger partial charge in [0.25, 0.3) is 5.91 Å². The molecule has 3 atom stereocenters. The van der Waals surface area contributed by atoms with Crippen molar-refractivity contribution in [2.45, 2.75) is 31.3 Å². The van der Waals surface area contributed by atoms with Crippen LogP contribution in [0.4, 0.5) is 0 Å². The molecular formula is C22H23N3O5S. The van der Waals surface area contributed by atoms with Gasteiger partial charge in [-0.3, -0.25) is 14.6 Å². The molecule has 8 nitrogen and oxygen atoms in total. The predicted molar refractivity (Wildman–Crippen MR) is 116 cm³/mol. The van der Waals surface area contributed by atoms with Gasteiger partial charge in [0, 0.05) is 23.7 Å². The SMILES string of the molecule is O=C(N[C@@H](Cc1cccs1)C(=O)N[C@@H](CC1C=CC(O)=CC1)C(=O)O)c1cccnc1. The van der Waals surface area contributed by atoms with Crippen LogP contribution < -0.4 is 10.6 Å². The number of carboxylic acids is 1. The number of allylic oxidation sites excluding steroid dienone is 3. The second-order valence-electron chi connectivity index (χ2n) is 7.17. The molecule has 1 unspecified atom stereocenters. The zero-order chi connectivity index (χ0) is 22.2. The largest absolute Gasteiger partial charge is 0.508 e. The summed E-state index contributed by atoms with van der Waals surface area (Å²) in [5.74, 6) is -2.18. The predicted octanol–water partition coefficient (Wildman–Crippen LogP) is 2.46. The molecule has 2 aromatic rings. The van der Waals surface area contributed by atoms with Gasteiger partial charge in [-0.25, -0.2) is 4.79 Å². The lowest BCUT2D eigenvalue weighted by molar-refractivity contribution is -0.142. The van der Waals surface area contributed by atoms with Crippen LogP contribution in [-0.4, -0.2) is 45.1 Å². The first-order valence-corrected chi connectivity index (χ1v) is 10.6. The van der Waals surface area contributed by atoms with Crippen molar-refractivity contribution in [3.63, 3.8) is 0 Å². The van der Waals surface area contributed by atoms with Crippen molar-refractivity contribution in [2.75, 3.05) is 0 Å². The van der Waals surface area contributed by atoms with Crippen LogP contribution in [0.25, 0.3) is 0 Å². The number of carbonyl (C=O) groups is 3. The number of aliphatic carboxylic acids is 1. The average molecular weight is 442 g/mol. The van der Waals surface area contributed by atoms with E-state index in [0.717, 1.165) is 4.88 Å². The van der Waals surface area contributed by atoms with Crippen LogP contribution in [-0.2, 0) is 16.0 Å². The van der Waals surface area contributed by atoms with E-state index in [2.05, 4.69) is 15.6 Å². The fourth-order valence-corrected chi connectivity index (χ4v) is 3.95. The lowest BCUT2D eigenvalue weighted by Crippen LogP contribution is -2.52. The van der Waals surface area contributed by atoms with E-state index < -0.39 is 29.9 Å². The molecule has 0 aromatic carbocycles. The molecule has 162 valence electrons. The van der Waals surface area contributed by atoms with E-state index >= 15 is 0 Å². The summed E-state index contributed by atoms with van der Waals surface area (Å²) in [6, 6.07) is 4.82. The van der Waals surface area contributed by atoms with Gasteiger partial charge in [0.1, 0.15) is 17.8 Å². The third-order valence-electron chi connectivity index (χ3n) is 4.85. The Hall–Kier alpha value is -3.46. The van der Waals surface area contributed by atoms with Crippen LogP contribution in [0.5, 0.6) is 0 Å². The number of carboxylic acid groups (broad SMARTS) is 1. The van der Waals surface area contributed by atoms with Crippen molar-refractivity contribution >= 4 is 29.1 Å². The number of nitrogens with one attached hydrogen (secondary N) is 2. The first-order chi connectivity index (χ1) is 14.9. The van der Waals surface area contributed by atoms with Crippen LogP contribution in [0.3, 0.4) is 0 Å². The Morgan fingerprint density at radius 1 is 1.19 bits per heavy atom. The number of aromatic nitrogens is 1. The Bertz CT molecular complexity index is 972. The van der Waals surface area contributed by atoms with Gasteiger partial charge in [0.2, 0.25) is 5.91 Å². The minimum absolute atomic E-state index is 0.127. The molecule has 0 saturated heterocycles. The van der Waals surface area contributed by atoms with Crippen LogP contribution in [0.2, 0.25) is 0 Å². The van der Waals surface area contributed by atoms with Crippen molar-refractivity contribution in [1.29, 1.82) is 0 Å². The molecule has 3 rings (SSSR count). The van der Waals surface area contributed by atoms with Gasteiger partial charge >= 0.3 is 5.97 Å². The van der Waals surface area contributed by atoms with Gasteiger partial charge in [-0.1, -0.05) is 12.1 Å². The smallest absolute Gasteiger partial charge is 0.326 e.